The average Bonchev–Trinajstić information content (AvgIpc) is 1.53. The summed E-state index contributed by atoms with van der Waals surface area (Å²) in [5.41, 5.74) is -2.38. The van der Waals surface area contributed by atoms with Gasteiger partial charge >= 0.3 is 6.18 Å². The van der Waals surface area contributed by atoms with Crippen molar-refractivity contribution in [1.29, 1.82) is 0 Å². The molecule has 0 aromatic heterocycles. The van der Waals surface area contributed by atoms with Crippen molar-refractivity contribution in [2.75, 3.05) is 81.7 Å². The number of ether oxygens (including phenoxy) is 1. The molecule has 7 rings (SSSR count). The average molecular weight is 1430 g/mol. The van der Waals surface area contributed by atoms with Gasteiger partial charge < -0.3 is 65.2 Å². The number of aryl methyl sites for hydroxylation is 1. The van der Waals surface area contributed by atoms with Crippen LogP contribution in [0.3, 0.4) is 0 Å². The number of fused-ring (bicyclic) bond motifs is 3. The van der Waals surface area contributed by atoms with Crippen molar-refractivity contribution in [3.8, 4) is 0 Å². The zero-order valence-electron chi connectivity index (χ0n) is 60.5. The van der Waals surface area contributed by atoms with Gasteiger partial charge in [0.15, 0.2) is 0 Å². The van der Waals surface area contributed by atoms with Gasteiger partial charge in [-0.05, 0) is 106 Å². The highest BCUT2D eigenvalue weighted by molar-refractivity contribution is 6.31. The SMILES string of the molecule is CC[C@H](C)[C@@H]1NC(=O)[C@H](CC(C)C)N(C)C(=O)C[C@@H](C(=O)N2C3CCC2COC3)NC(=O)[C@H]([C@@H](C)CC)N(C)C(=O)C2(CCCC2)NC(=O)[C@@H]2CCCN2C(=O)[C@H](CCc2ccc(C(F)(F)F)c(Cl)c2)NC(=O)CN(C)C(=O)[C@H](CC2CCCCC2)N(C)C(=O)CN(C)C(=O)CN(C)C1=O. The number of halogens is 4. The first-order chi connectivity index (χ1) is 47.1. The molecule has 100 heavy (non-hydrogen) atoms. The van der Waals surface area contributed by atoms with Crippen LogP contribution in [0, 0.1) is 23.7 Å². The summed E-state index contributed by atoms with van der Waals surface area (Å²) in [6.07, 6.45) is 2.68. The van der Waals surface area contributed by atoms with Gasteiger partial charge in [-0.15, -0.1) is 0 Å². The van der Waals surface area contributed by atoms with E-state index in [2.05, 4.69) is 21.3 Å². The van der Waals surface area contributed by atoms with Crippen LogP contribution in [0.2, 0.25) is 5.02 Å². The van der Waals surface area contributed by atoms with Crippen LogP contribution in [-0.2, 0) is 74.9 Å². The van der Waals surface area contributed by atoms with Crippen molar-refractivity contribution in [3.05, 3.63) is 34.3 Å². The minimum absolute atomic E-state index is 0.0150. The van der Waals surface area contributed by atoms with Gasteiger partial charge in [0, 0.05) is 48.8 Å². The zero-order chi connectivity index (χ0) is 73.8. The lowest BCUT2D eigenvalue weighted by atomic mass is 9.84. The minimum atomic E-state index is -4.76. The quantitative estimate of drug-likeness (QED) is 0.216. The van der Waals surface area contributed by atoms with Gasteiger partial charge in [-0.25, -0.2) is 0 Å². The first-order valence-corrected chi connectivity index (χ1v) is 36.3. The Balaban J connectivity index is 1.27. The minimum Gasteiger partial charge on any atom is -0.377 e. The highest BCUT2D eigenvalue weighted by Crippen LogP contribution is 2.38. The number of alkyl halides is 3. The Kier molecular flexibility index (Phi) is 28.2. The summed E-state index contributed by atoms with van der Waals surface area (Å²) in [6, 6.07) is -6.55. The van der Waals surface area contributed by atoms with Gasteiger partial charge in [0.2, 0.25) is 70.9 Å². The van der Waals surface area contributed by atoms with E-state index in [0.29, 0.717) is 50.5 Å². The molecule has 4 N–H and O–H groups in total. The molecule has 0 radical (unpaired) electrons. The Labute approximate surface area is 591 Å². The molecule has 4 aliphatic heterocycles. The molecule has 25 nitrogen and oxygen atoms in total. The van der Waals surface area contributed by atoms with Gasteiger partial charge in [0.1, 0.15) is 47.8 Å². The molecule has 2 saturated carbocycles. The summed E-state index contributed by atoms with van der Waals surface area (Å²) in [5.74, 6) is -9.36. The molecule has 1 aromatic carbocycles. The molecule has 12 amide bonds. The van der Waals surface area contributed by atoms with Crippen LogP contribution in [-0.4, -0.2) is 252 Å². The smallest absolute Gasteiger partial charge is 0.377 e. The van der Waals surface area contributed by atoms with Crippen molar-refractivity contribution in [3.63, 3.8) is 0 Å². The largest absolute Gasteiger partial charge is 0.417 e. The third kappa shape index (κ3) is 19.5. The van der Waals surface area contributed by atoms with Crippen molar-refractivity contribution in [2.24, 2.45) is 23.7 Å². The summed E-state index contributed by atoms with van der Waals surface area (Å²) >= 11 is 6.15. The molecule has 2 bridgehead atoms. The van der Waals surface area contributed by atoms with Gasteiger partial charge in [0.25, 0.3) is 0 Å². The van der Waals surface area contributed by atoms with Crippen LogP contribution in [0.1, 0.15) is 175 Å². The van der Waals surface area contributed by atoms with E-state index in [0.717, 1.165) is 58.9 Å². The number of nitrogens with one attached hydrogen (secondary N) is 4. The Morgan fingerprint density at radius 1 is 0.650 bits per heavy atom. The van der Waals surface area contributed by atoms with Crippen molar-refractivity contribution in [1.82, 2.24) is 60.5 Å². The number of amides is 12. The molecule has 2 unspecified atom stereocenters. The monoisotopic (exact) mass is 1430 g/mol. The molecule has 11 atom stereocenters. The summed E-state index contributed by atoms with van der Waals surface area (Å²) < 4.78 is 47.4. The predicted molar refractivity (Wildman–Crippen MR) is 366 cm³/mol. The van der Waals surface area contributed by atoms with Gasteiger partial charge in [0.05, 0.1) is 61.9 Å². The lowest BCUT2D eigenvalue weighted by molar-refractivity contribution is -0.152. The lowest BCUT2D eigenvalue weighted by Gasteiger charge is -2.41. The Hall–Kier alpha value is -7.10. The van der Waals surface area contributed by atoms with E-state index in [4.69, 9.17) is 16.3 Å². The summed E-state index contributed by atoms with van der Waals surface area (Å²) in [4.78, 5) is 188. The lowest BCUT2D eigenvalue weighted by Crippen LogP contribution is -2.65. The Bertz CT molecular complexity index is 3130. The number of nitrogens with zero attached hydrogens (tertiary/aromatic N) is 8. The molecule has 6 fully saturated rings. The van der Waals surface area contributed by atoms with Crippen LogP contribution in [0.4, 0.5) is 13.2 Å². The second-order valence-electron chi connectivity index (χ2n) is 29.5. The molecule has 2 aliphatic carbocycles. The zero-order valence-corrected chi connectivity index (χ0v) is 61.3. The summed E-state index contributed by atoms with van der Waals surface area (Å²) in [7, 11) is 8.42. The van der Waals surface area contributed by atoms with Crippen LogP contribution >= 0.6 is 11.6 Å². The number of hydrogen-bond acceptors (Lipinski definition) is 13. The molecule has 29 heteroatoms. The number of carbonyl (C=O) groups excluding carboxylic acids is 12. The maximum atomic E-state index is 15.5. The van der Waals surface area contributed by atoms with Crippen LogP contribution in [0.5, 0.6) is 0 Å². The molecule has 1 aromatic rings. The molecular weight excluding hydrogens is 1320 g/mol. The predicted octanol–water partition coefficient (Wildman–Crippen LogP) is 4.92. The van der Waals surface area contributed by atoms with E-state index in [9.17, 15) is 46.7 Å². The number of likely N-dealkylation sites (N-methyl/N-ethyl adjacent to an activating group) is 6. The number of morpholine rings is 1. The van der Waals surface area contributed by atoms with Gasteiger partial charge in [-0.3, -0.25) is 57.5 Å². The first kappa shape index (κ1) is 80.2. The fourth-order valence-corrected chi connectivity index (χ4v) is 15.6. The number of hydrogen-bond donors (Lipinski definition) is 4. The van der Waals surface area contributed by atoms with E-state index in [1.165, 1.54) is 68.0 Å². The normalized spacial score (nSPS) is 28.0. The second-order valence-corrected chi connectivity index (χ2v) is 29.9. The van der Waals surface area contributed by atoms with Crippen molar-refractivity contribution in [2.45, 2.75) is 236 Å². The third-order valence-corrected chi connectivity index (χ3v) is 22.1. The van der Waals surface area contributed by atoms with Crippen molar-refractivity contribution >= 4 is 82.5 Å². The maximum Gasteiger partial charge on any atom is 0.417 e. The maximum absolute atomic E-state index is 15.5. The molecule has 6 aliphatic rings. The van der Waals surface area contributed by atoms with Crippen molar-refractivity contribution < 1.29 is 75.4 Å². The van der Waals surface area contributed by atoms with Crippen LogP contribution in [0.25, 0.3) is 0 Å². The van der Waals surface area contributed by atoms with Crippen LogP contribution in [0.15, 0.2) is 18.2 Å². The first-order valence-electron chi connectivity index (χ1n) is 35.9. The highest BCUT2D eigenvalue weighted by Gasteiger charge is 2.51. The fourth-order valence-electron chi connectivity index (χ4n) is 15.3. The molecule has 4 heterocycles. The summed E-state index contributed by atoms with van der Waals surface area (Å²) in [5, 5.41) is 11.0. The van der Waals surface area contributed by atoms with E-state index in [1.807, 2.05) is 27.7 Å². The second kappa shape index (κ2) is 35.2. The fraction of sp³-hybridized carbons (Fsp3) is 0.746. The topological polar surface area (TPSA) is 288 Å². The van der Waals surface area contributed by atoms with Gasteiger partial charge in [-0.2, -0.15) is 13.2 Å². The molecular formula is C71H108ClF3N12O13. The molecule has 558 valence electrons. The number of carbonyl (C=O) groups is 12. The third-order valence-electron chi connectivity index (χ3n) is 21.8. The molecule has 1 spiro atoms. The van der Waals surface area contributed by atoms with E-state index >= 15 is 24.0 Å². The Morgan fingerprint density at radius 2 is 1.26 bits per heavy atom. The van der Waals surface area contributed by atoms with E-state index in [1.54, 1.807) is 18.7 Å². The highest BCUT2D eigenvalue weighted by atomic mass is 35.5. The van der Waals surface area contributed by atoms with E-state index in [-0.39, 0.29) is 88.6 Å². The Morgan fingerprint density at radius 3 is 1.86 bits per heavy atom. The van der Waals surface area contributed by atoms with E-state index < -0.39 is 173 Å². The number of rotatable bonds is 12. The summed E-state index contributed by atoms with van der Waals surface area (Å²) in [6.45, 7) is 9.67. The van der Waals surface area contributed by atoms with Crippen LogP contribution < -0.4 is 21.3 Å². The standard InChI is InChI=1S/C71H108ClF3N12O13/c1-13-43(5)60-68(98)82(9)38-58(90)80(7)39-59(91)84(11)55(35-45-21-16-15-17-22-45)67(97)81(8)37-56(88)76-51(29-25-46-24-28-49(50(72)34-46)71(73,74)75)65(95)86-32-20-23-53(86)63(93)79-70(30-18-19-31-70)69(99)85(12)61(44(6)14-2)64(94)77-52(66(96)87-47-26-27-48(87)41-100-40-47)36-57(89)83(10)54(33-42(3)4)62(92)78-60/h24,28,34,42-45,47-48,51-55,60-61H,13-23,25-27,29-33,35-41H2,1-12H3,(H,76,88)(H,77,94)(H,78,92)(H,79,93)/t43-,44-,47?,48?,51-,52-,53-,54-,55-,60-,61-/m0/s1. The molecule has 4 saturated heterocycles. The number of benzene rings is 1. The van der Waals surface area contributed by atoms with Gasteiger partial charge in [-0.1, -0.05) is 117 Å².